The lowest BCUT2D eigenvalue weighted by molar-refractivity contribution is -0.199. The molecule has 2 saturated heterocycles. The van der Waals surface area contributed by atoms with Gasteiger partial charge in [-0.2, -0.15) is 0 Å². The Balaban J connectivity index is 1.81. The Morgan fingerprint density at radius 1 is 1.15 bits per heavy atom. The van der Waals surface area contributed by atoms with Crippen molar-refractivity contribution in [2.45, 2.75) is 96.8 Å². The van der Waals surface area contributed by atoms with E-state index in [1.54, 1.807) is 12.2 Å². The van der Waals surface area contributed by atoms with Crippen LogP contribution in [0.2, 0.25) is 0 Å². The number of carbonyl (C=O) groups is 1. The molecule has 1 aliphatic carbocycles. The van der Waals surface area contributed by atoms with Crippen molar-refractivity contribution in [3.63, 3.8) is 0 Å². The summed E-state index contributed by atoms with van der Waals surface area (Å²) < 4.78 is 12.4. The lowest BCUT2D eigenvalue weighted by atomic mass is 9.66. The third-order valence-electron chi connectivity index (χ3n) is 7.45. The quantitative estimate of drug-likeness (QED) is 0.707. The fourth-order valence-electron chi connectivity index (χ4n) is 4.74. The Morgan fingerprint density at radius 3 is 2.15 bits per heavy atom. The van der Waals surface area contributed by atoms with Crippen LogP contribution in [0.1, 0.15) is 80.1 Å². The van der Waals surface area contributed by atoms with E-state index in [0.717, 1.165) is 38.5 Å². The van der Waals surface area contributed by atoms with Gasteiger partial charge in [-0.05, 0) is 71.7 Å². The van der Waals surface area contributed by atoms with Gasteiger partial charge in [0.1, 0.15) is 0 Å². The summed E-state index contributed by atoms with van der Waals surface area (Å²) in [6.07, 6.45) is 7.38. The molecule has 1 atom stereocenters. The molecule has 6 heteroatoms. The fourth-order valence-corrected chi connectivity index (χ4v) is 4.74. The number of hydrogen-bond acceptors (Lipinski definition) is 4. The van der Waals surface area contributed by atoms with Crippen LogP contribution in [-0.4, -0.2) is 41.9 Å². The standard InChI is InChI=1S/C20H34BNO4/c1-8-19(9-2)14-20(22(24-7)16(19)23)12-10-15(11-13-20)21-25-17(3,4)18(5,6)26-21/h10H,8-9,11-14H2,1-7H3. The summed E-state index contributed by atoms with van der Waals surface area (Å²) in [7, 11) is 1.33. The molecule has 0 saturated carbocycles. The van der Waals surface area contributed by atoms with E-state index in [1.165, 1.54) is 5.47 Å². The van der Waals surface area contributed by atoms with Crippen molar-refractivity contribution in [3.05, 3.63) is 11.5 Å². The lowest BCUT2D eigenvalue weighted by Gasteiger charge is -2.39. The van der Waals surface area contributed by atoms with Crippen LogP contribution < -0.4 is 0 Å². The number of hydroxylamine groups is 2. The second kappa shape index (κ2) is 6.35. The minimum absolute atomic E-state index is 0.150. The van der Waals surface area contributed by atoms with E-state index < -0.39 is 0 Å². The number of carbonyl (C=O) groups excluding carboxylic acids is 1. The van der Waals surface area contributed by atoms with Crippen LogP contribution in [-0.2, 0) is 18.9 Å². The first kappa shape index (κ1) is 19.9. The van der Waals surface area contributed by atoms with Gasteiger partial charge in [0.15, 0.2) is 0 Å². The van der Waals surface area contributed by atoms with Gasteiger partial charge in [-0.25, -0.2) is 5.06 Å². The monoisotopic (exact) mass is 363 g/mol. The van der Waals surface area contributed by atoms with Crippen LogP contribution >= 0.6 is 0 Å². The van der Waals surface area contributed by atoms with Gasteiger partial charge in [0.25, 0.3) is 5.91 Å². The molecular formula is C20H34BNO4. The summed E-state index contributed by atoms with van der Waals surface area (Å²) in [4.78, 5) is 18.6. The molecule has 1 amide bonds. The molecule has 2 heterocycles. The van der Waals surface area contributed by atoms with Gasteiger partial charge in [0, 0.05) is 0 Å². The molecule has 2 fully saturated rings. The summed E-state index contributed by atoms with van der Waals surface area (Å²) >= 11 is 0. The minimum Gasteiger partial charge on any atom is -0.400 e. The highest BCUT2D eigenvalue weighted by Gasteiger charge is 2.59. The van der Waals surface area contributed by atoms with Crippen molar-refractivity contribution in [3.8, 4) is 0 Å². The fraction of sp³-hybridized carbons (Fsp3) is 0.850. The highest BCUT2D eigenvalue weighted by Crippen LogP contribution is 2.53. The van der Waals surface area contributed by atoms with Gasteiger partial charge in [-0.15, -0.1) is 0 Å². The van der Waals surface area contributed by atoms with Crippen LogP contribution in [0.25, 0.3) is 0 Å². The summed E-state index contributed by atoms with van der Waals surface area (Å²) in [5.74, 6) is 0.150. The number of amides is 1. The van der Waals surface area contributed by atoms with Gasteiger partial charge in [-0.1, -0.05) is 19.9 Å². The Morgan fingerprint density at radius 2 is 1.73 bits per heavy atom. The second-order valence-electron chi connectivity index (χ2n) is 9.24. The van der Waals surface area contributed by atoms with E-state index >= 15 is 0 Å². The Bertz CT molecular complexity index is 595. The molecule has 0 aromatic heterocycles. The summed E-state index contributed by atoms with van der Waals surface area (Å²) in [5, 5.41) is 1.68. The lowest BCUT2D eigenvalue weighted by Crippen LogP contribution is -2.46. The molecule has 1 spiro atoms. The van der Waals surface area contributed by atoms with Crippen molar-refractivity contribution in [2.75, 3.05) is 7.11 Å². The van der Waals surface area contributed by atoms with E-state index in [1.807, 2.05) is 0 Å². The smallest absolute Gasteiger partial charge is 0.400 e. The van der Waals surface area contributed by atoms with Crippen molar-refractivity contribution in [1.29, 1.82) is 0 Å². The molecular weight excluding hydrogens is 329 g/mol. The summed E-state index contributed by atoms with van der Waals surface area (Å²) in [6.45, 7) is 12.5. The number of allylic oxidation sites excluding steroid dienone is 1. The topological polar surface area (TPSA) is 48.0 Å². The predicted octanol–water partition coefficient (Wildman–Crippen LogP) is 4.07. The zero-order chi connectivity index (χ0) is 19.4. The van der Waals surface area contributed by atoms with Crippen molar-refractivity contribution in [2.24, 2.45) is 5.41 Å². The normalized spacial score (nSPS) is 32.4. The van der Waals surface area contributed by atoms with E-state index in [9.17, 15) is 4.79 Å². The first-order valence-electron chi connectivity index (χ1n) is 10.00. The Hall–Kier alpha value is -0.845. The highest BCUT2D eigenvalue weighted by molar-refractivity contribution is 6.54. The first-order valence-corrected chi connectivity index (χ1v) is 10.00. The average Bonchev–Trinajstić information content (AvgIpc) is 2.95. The van der Waals surface area contributed by atoms with E-state index in [0.29, 0.717) is 0 Å². The first-order chi connectivity index (χ1) is 12.1. The molecule has 3 rings (SSSR count). The van der Waals surface area contributed by atoms with Crippen LogP contribution in [0.4, 0.5) is 0 Å². The Labute approximate surface area is 158 Å². The summed E-state index contributed by atoms with van der Waals surface area (Å²) in [6, 6.07) is 0. The van der Waals surface area contributed by atoms with E-state index in [2.05, 4.69) is 47.6 Å². The van der Waals surface area contributed by atoms with E-state index in [-0.39, 0.29) is 35.2 Å². The Kier molecular flexibility index (Phi) is 4.86. The van der Waals surface area contributed by atoms with Crippen molar-refractivity contribution in [1.82, 2.24) is 5.06 Å². The minimum atomic E-state index is -0.324. The molecule has 3 aliphatic rings. The van der Waals surface area contributed by atoms with Crippen LogP contribution in [0.5, 0.6) is 0 Å². The molecule has 146 valence electrons. The molecule has 0 N–H and O–H groups in total. The molecule has 0 bridgehead atoms. The van der Waals surface area contributed by atoms with Crippen molar-refractivity contribution < 1.29 is 18.9 Å². The molecule has 0 aromatic rings. The maximum atomic E-state index is 13.0. The second-order valence-corrected chi connectivity index (χ2v) is 9.24. The zero-order valence-electron chi connectivity index (χ0n) is 17.5. The summed E-state index contributed by atoms with van der Waals surface area (Å²) in [5.41, 5.74) is 0.0317. The maximum Gasteiger partial charge on any atom is 0.490 e. The van der Waals surface area contributed by atoms with Gasteiger partial charge < -0.3 is 9.31 Å². The molecule has 1 unspecified atom stereocenters. The van der Waals surface area contributed by atoms with Crippen LogP contribution in [0, 0.1) is 5.41 Å². The SMILES string of the molecule is CCC1(CC)CC2(CC=C(B3OC(C)(C)C(C)(C)O3)CC2)N(OC)C1=O. The van der Waals surface area contributed by atoms with Crippen molar-refractivity contribution >= 4 is 13.0 Å². The number of rotatable bonds is 4. The maximum absolute atomic E-state index is 13.0. The molecule has 0 aromatic carbocycles. The third kappa shape index (κ3) is 2.76. The van der Waals surface area contributed by atoms with Gasteiger partial charge >= 0.3 is 7.12 Å². The highest BCUT2D eigenvalue weighted by atomic mass is 16.7. The van der Waals surface area contributed by atoms with Crippen LogP contribution in [0.15, 0.2) is 11.5 Å². The third-order valence-corrected chi connectivity index (χ3v) is 7.45. The largest absolute Gasteiger partial charge is 0.490 e. The van der Waals surface area contributed by atoms with Gasteiger partial charge in [0.05, 0.1) is 29.3 Å². The molecule has 5 nitrogen and oxygen atoms in total. The number of nitrogens with zero attached hydrogens (tertiary/aromatic N) is 1. The average molecular weight is 363 g/mol. The van der Waals surface area contributed by atoms with Gasteiger partial charge in [0.2, 0.25) is 0 Å². The molecule has 26 heavy (non-hydrogen) atoms. The zero-order valence-corrected chi connectivity index (χ0v) is 17.5. The predicted molar refractivity (Wildman–Crippen MR) is 102 cm³/mol. The van der Waals surface area contributed by atoms with Gasteiger partial charge in [-0.3, -0.25) is 9.63 Å². The molecule has 0 radical (unpaired) electrons. The van der Waals surface area contributed by atoms with E-state index in [4.69, 9.17) is 14.1 Å². The van der Waals surface area contributed by atoms with Crippen LogP contribution in [0.3, 0.4) is 0 Å². The number of hydrogen-bond donors (Lipinski definition) is 0. The molecule has 2 aliphatic heterocycles.